The quantitative estimate of drug-likeness (QED) is 0.858. The van der Waals surface area contributed by atoms with Gasteiger partial charge in [-0.05, 0) is 39.0 Å². The molecule has 1 N–H and O–H groups in total. The van der Waals surface area contributed by atoms with Crippen LogP contribution < -0.4 is 10.1 Å². The van der Waals surface area contributed by atoms with Crippen molar-refractivity contribution in [3.63, 3.8) is 0 Å². The minimum atomic E-state index is 0.260. The molecule has 102 valence electrons. The summed E-state index contributed by atoms with van der Waals surface area (Å²) in [7, 11) is 0. The fraction of sp³-hybridized carbons (Fsp3) is 0.375. The predicted octanol–water partition coefficient (Wildman–Crippen LogP) is 3.71. The lowest BCUT2D eigenvalue weighted by atomic mass is 10.1. The summed E-state index contributed by atoms with van der Waals surface area (Å²) in [6, 6.07) is 10.6. The van der Waals surface area contributed by atoms with Gasteiger partial charge >= 0.3 is 0 Å². The normalized spacial score (nSPS) is 14.1. The van der Waals surface area contributed by atoms with Gasteiger partial charge in [-0.3, -0.25) is 0 Å². The molecule has 2 rings (SSSR count). The van der Waals surface area contributed by atoms with Crippen LogP contribution in [0.3, 0.4) is 0 Å². The second-order valence-corrected chi connectivity index (χ2v) is 4.97. The molecule has 0 aliphatic carbocycles. The maximum Gasteiger partial charge on any atom is 0.119 e. The van der Waals surface area contributed by atoms with Crippen LogP contribution >= 0.6 is 0 Å². The van der Waals surface area contributed by atoms with E-state index >= 15 is 0 Å². The van der Waals surface area contributed by atoms with Gasteiger partial charge in [0.2, 0.25) is 0 Å². The highest BCUT2D eigenvalue weighted by atomic mass is 16.5. The molecule has 0 aliphatic rings. The molecule has 0 fully saturated rings. The highest BCUT2D eigenvalue weighted by Crippen LogP contribution is 2.14. The topological polar surface area (TPSA) is 34.4 Å². The second kappa shape index (κ2) is 6.43. The first-order valence-corrected chi connectivity index (χ1v) is 6.63. The first kappa shape index (κ1) is 13.7. The monoisotopic (exact) mass is 259 g/mol. The standard InChI is InChI=1S/C16H21NO2/c1-12-4-6-16(7-5-12)19-10-13(2)17-14(3)15-8-9-18-11-15/h4-9,11,13-14,17H,10H2,1-3H3. The molecule has 2 atom stereocenters. The number of hydrogen-bond donors (Lipinski definition) is 1. The molecule has 3 heteroatoms. The molecule has 0 bridgehead atoms. The van der Waals surface area contributed by atoms with Crippen LogP contribution in [0, 0.1) is 6.92 Å². The maximum atomic E-state index is 5.76. The zero-order chi connectivity index (χ0) is 13.7. The van der Waals surface area contributed by atoms with E-state index in [2.05, 4.69) is 38.2 Å². The summed E-state index contributed by atoms with van der Waals surface area (Å²) in [4.78, 5) is 0. The molecule has 0 spiro atoms. The van der Waals surface area contributed by atoms with E-state index in [1.54, 1.807) is 12.5 Å². The number of benzene rings is 1. The molecule has 0 amide bonds. The van der Waals surface area contributed by atoms with Gasteiger partial charge in [-0.15, -0.1) is 0 Å². The number of rotatable bonds is 6. The number of hydrogen-bond acceptors (Lipinski definition) is 3. The van der Waals surface area contributed by atoms with E-state index in [-0.39, 0.29) is 12.1 Å². The highest BCUT2D eigenvalue weighted by molar-refractivity contribution is 5.26. The zero-order valence-corrected chi connectivity index (χ0v) is 11.7. The van der Waals surface area contributed by atoms with Crippen LogP contribution in [-0.4, -0.2) is 12.6 Å². The Labute approximate surface area is 114 Å². The van der Waals surface area contributed by atoms with E-state index in [9.17, 15) is 0 Å². The Kier molecular flexibility index (Phi) is 4.63. The van der Waals surface area contributed by atoms with E-state index in [4.69, 9.17) is 9.15 Å². The average molecular weight is 259 g/mol. The van der Waals surface area contributed by atoms with Gasteiger partial charge in [0.05, 0.1) is 12.5 Å². The van der Waals surface area contributed by atoms with Crippen molar-refractivity contribution in [2.24, 2.45) is 0 Å². The highest BCUT2D eigenvalue weighted by Gasteiger charge is 2.10. The third-order valence-electron chi connectivity index (χ3n) is 3.10. The van der Waals surface area contributed by atoms with Crippen molar-refractivity contribution in [1.29, 1.82) is 0 Å². The SMILES string of the molecule is Cc1ccc(OCC(C)NC(C)c2ccoc2)cc1. The Hall–Kier alpha value is -1.74. The molecule has 1 aromatic heterocycles. The van der Waals surface area contributed by atoms with Crippen molar-refractivity contribution in [2.75, 3.05) is 6.61 Å². The van der Waals surface area contributed by atoms with Crippen LogP contribution in [0.1, 0.15) is 31.0 Å². The molecular weight excluding hydrogens is 238 g/mol. The van der Waals surface area contributed by atoms with Crippen molar-refractivity contribution in [2.45, 2.75) is 32.9 Å². The van der Waals surface area contributed by atoms with E-state index in [0.29, 0.717) is 6.61 Å². The Bertz CT molecular complexity index is 476. The Balaban J connectivity index is 1.78. The van der Waals surface area contributed by atoms with Gasteiger partial charge in [-0.25, -0.2) is 0 Å². The van der Waals surface area contributed by atoms with Crippen LogP contribution in [0.4, 0.5) is 0 Å². The van der Waals surface area contributed by atoms with Crippen LogP contribution in [0.15, 0.2) is 47.3 Å². The molecule has 2 unspecified atom stereocenters. The molecule has 0 aliphatic heterocycles. The van der Waals surface area contributed by atoms with Gasteiger partial charge in [0.1, 0.15) is 12.4 Å². The van der Waals surface area contributed by atoms with Crippen LogP contribution in [-0.2, 0) is 0 Å². The third kappa shape index (κ3) is 4.14. The lowest BCUT2D eigenvalue weighted by Crippen LogP contribution is -2.33. The smallest absolute Gasteiger partial charge is 0.119 e. The van der Waals surface area contributed by atoms with Crippen molar-refractivity contribution in [3.8, 4) is 5.75 Å². The lowest BCUT2D eigenvalue weighted by molar-refractivity contribution is 0.264. The largest absolute Gasteiger partial charge is 0.492 e. The van der Waals surface area contributed by atoms with Gasteiger partial charge < -0.3 is 14.5 Å². The second-order valence-electron chi connectivity index (χ2n) is 4.97. The summed E-state index contributed by atoms with van der Waals surface area (Å²) in [5, 5.41) is 3.48. The summed E-state index contributed by atoms with van der Waals surface area (Å²) in [6.45, 7) is 6.95. The Morgan fingerprint density at radius 2 is 1.89 bits per heavy atom. The number of furan rings is 1. The van der Waals surface area contributed by atoms with Crippen molar-refractivity contribution in [3.05, 3.63) is 54.0 Å². The first-order valence-electron chi connectivity index (χ1n) is 6.63. The van der Waals surface area contributed by atoms with Gasteiger partial charge in [-0.2, -0.15) is 0 Å². The van der Waals surface area contributed by atoms with Crippen LogP contribution in [0.5, 0.6) is 5.75 Å². The van der Waals surface area contributed by atoms with Crippen molar-refractivity contribution >= 4 is 0 Å². The summed E-state index contributed by atoms with van der Waals surface area (Å²) < 4.78 is 10.8. The molecule has 1 aromatic carbocycles. The predicted molar refractivity (Wildman–Crippen MR) is 76.4 cm³/mol. The van der Waals surface area contributed by atoms with Crippen LogP contribution in [0.2, 0.25) is 0 Å². The first-order chi connectivity index (χ1) is 9.15. The van der Waals surface area contributed by atoms with Gasteiger partial charge in [-0.1, -0.05) is 17.7 Å². The molecule has 1 heterocycles. The fourth-order valence-corrected chi connectivity index (χ4v) is 1.95. The number of ether oxygens (including phenoxy) is 1. The van der Waals surface area contributed by atoms with Gasteiger partial charge in [0, 0.05) is 17.6 Å². The van der Waals surface area contributed by atoms with Gasteiger partial charge in [0.25, 0.3) is 0 Å². The third-order valence-corrected chi connectivity index (χ3v) is 3.10. The summed E-state index contributed by atoms with van der Waals surface area (Å²) in [5.74, 6) is 0.912. The number of aryl methyl sites for hydroxylation is 1. The summed E-state index contributed by atoms with van der Waals surface area (Å²) in [6.07, 6.45) is 3.46. The van der Waals surface area contributed by atoms with Crippen LogP contribution in [0.25, 0.3) is 0 Å². The average Bonchev–Trinajstić information content (AvgIpc) is 2.92. The summed E-state index contributed by atoms with van der Waals surface area (Å²) in [5.41, 5.74) is 2.40. The van der Waals surface area contributed by atoms with Crippen molar-refractivity contribution in [1.82, 2.24) is 5.32 Å². The molecule has 0 saturated heterocycles. The molecule has 0 radical (unpaired) electrons. The van der Waals surface area contributed by atoms with E-state index < -0.39 is 0 Å². The molecular formula is C16H21NO2. The minimum absolute atomic E-state index is 0.260. The molecule has 19 heavy (non-hydrogen) atoms. The summed E-state index contributed by atoms with van der Waals surface area (Å²) >= 11 is 0. The Morgan fingerprint density at radius 3 is 2.53 bits per heavy atom. The maximum absolute atomic E-state index is 5.76. The Morgan fingerprint density at radius 1 is 1.16 bits per heavy atom. The fourth-order valence-electron chi connectivity index (χ4n) is 1.95. The molecule has 2 aromatic rings. The van der Waals surface area contributed by atoms with Gasteiger partial charge in [0.15, 0.2) is 0 Å². The lowest BCUT2D eigenvalue weighted by Gasteiger charge is -2.19. The van der Waals surface area contributed by atoms with E-state index in [0.717, 1.165) is 11.3 Å². The zero-order valence-electron chi connectivity index (χ0n) is 11.7. The number of nitrogens with one attached hydrogen (secondary N) is 1. The molecule has 0 saturated carbocycles. The minimum Gasteiger partial charge on any atom is -0.492 e. The van der Waals surface area contributed by atoms with E-state index in [1.165, 1.54) is 5.56 Å². The van der Waals surface area contributed by atoms with E-state index in [1.807, 2.05) is 18.2 Å². The molecule has 3 nitrogen and oxygen atoms in total. The van der Waals surface area contributed by atoms with Crippen molar-refractivity contribution < 1.29 is 9.15 Å².